The maximum Gasteiger partial charge on any atom is 0.206 e. The largest absolute Gasteiger partial charge is 0.333 e. The predicted octanol–water partition coefficient (Wildman–Crippen LogP) is 1.98. The van der Waals surface area contributed by atoms with Gasteiger partial charge in [0.1, 0.15) is 13.3 Å². The van der Waals surface area contributed by atoms with Gasteiger partial charge >= 0.3 is 0 Å². The first-order chi connectivity index (χ1) is 17.4. The van der Waals surface area contributed by atoms with E-state index in [1.807, 2.05) is 26.0 Å². The van der Waals surface area contributed by atoms with Crippen molar-refractivity contribution in [1.82, 2.24) is 24.5 Å². The second-order valence-electron chi connectivity index (χ2n) is 18.1. The molecule has 0 saturated heterocycles. The minimum atomic E-state index is 0. The van der Waals surface area contributed by atoms with Crippen LogP contribution in [0.2, 0.25) is 0 Å². The molecule has 10 nitrogen and oxygen atoms in total. The lowest BCUT2D eigenvalue weighted by Crippen LogP contribution is -2.51. The van der Waals surface area contributed by atoms with Crippen LogP contribution in [0, 0.1) is 0 Å². The molecule has 0 rings (SSSR count). The molecule has 0 aromatic heterocycles. The molecule has 0 bridgehead atoms. The number of quaternary nitrogens is 5. The normalized spacial score (nSPS) is 12.0. The Hall–Kier alpha value is -0.400. The molecule has 0 aliphatic heterocycles. The number of rotatable bonds is 8. The Kier molecular flexibility index (Phi) is 36.8. The minimum absolute atomic E-state index is 0. The maximum absolute atomic E-state index is 2.21. The summed E-state index contributed by atoms with van der Waals surface area (Å²) < 4.78 is 5.08. The average molecular weight is 618 g/mol. The molecule has 0 unspecified atom stereocenters. The molecule has 0 N–H and O–H groups in total. The summed E-state index contributed by atoms with van der Waals surface area (Å²) >= 11 is 0. The lowest BCUT2D eigenvalue weighted by Gasteiger charge is -2.32. The molecular weight excluding hydrogens is 524 g/mol. The van der Waals surface area contributed by atoms with Gasteiger partial charge in [0.05, 0.1) is 113 Å². The summed E-state index contributed by atoms with van der Waals surface area (Å²) in [5.41, 5.74) is 0. The number of nitrogens with zero attached hydrogens (tertiary/aromatic N) is 10. The third kappa shape index (κ3) is 154. The van der Waals surface area contributed by atoms with Crippen molar-refractivity contribution in [2.24, 2.45) is 0 Å². The standard InChI is InChI=1S/C7H20N2.2C6H17N2.C5H14N2.C4H12N.C3H9N.CH4/c1-8(2,3)7-9(4,5)6;2*1-7(2)6-8(3,4)5;1-6(2)5-7(3)4;1-5(2,3)4;1-4(2)3;/h7H2,1-6H3;2*6H2,1-5H3;5H2,1-4H3;1-4H3;1-3H3;1H4/q+2;2*+1;;+1;;. The molecule has 0 atom stereocenters. The van der Waals surface area contributed by atoms with E-state index in [-0.39, 0.29) is 7.43 Å². The van der Waals surface area contributed by atoms with Gasteiger partial charge in [-0.1, -0.05) is 7.43 Å². The summed E-state index contributed by atoms with van der Waals surface area (Å²) in [6, 6.07) is 0. The highest BCUT2D eigenvalue weighted by molar-refractivity contribution is 4.35. The van der Waals surface area contributed by atoms with Crippen LogP contribution >= 0.6 is 0 Å². The van der Waals surface area contributed by atoms with E-state index < -0.39 is 0 Å². The van der Waals surface area contributed by atoms with Gasteiger partial charge in [0.2, 0.25) is 6.67 Å². The van der Waals surface area contributed by atoms with Crippen molar-refractivity contribution in [3.05, 3.63) is 0 Å². The van der Waals surface area contributed by atoms with Gasteiger partial charge in [0, 0.05) is 6.67 Å². The Morgan fingerprint density at radius 1 is 0.333 bits per heavy atom. The number of hydrogen-bond acceptors (Lipinski definition) is 5. The zero-order valence-corrected chi connectivity index (χ0v) is 34.3. The Labute approximate surface area is 271 Å². The van der Waals surface area contributed by atoms with Gasteiger partial charge in [-0.25, -0.2) is 0 Å². The van der Waals surface area contributed by atoms with Crippen molar-refractivity contribution in [3.63, 3.8) is 0 Å². The van der Waals surface area contributed by atoms with Crippen LogP contribution in [0.15, 0.2) is 0 Å². The molecule has 0 fully saturated rings. The second-order valence-corrected chi connectivity index (χ2v) is 18.1. The summed E-state index contributed by atoms with van der Waals surface area (Å²) in [6.45, 7) is 4.39. The molecule has 0 radical (unpaired) electrons. The van der Waals surface area contributed by atoms with Crippen LogP contribution in [0.25, 0.3) is 0 Å². The van der Waals surface area contributed by atoms with Crippen molar-refractivity contribution < 1.29 is 22.4 Å². The molecule has 0 amide bonds. The van der Waals surface area contributed by atoms with Crippen molar-refractivity contribution in [2.45, 2.75) is 7.43 Å². The van der Waals surface area contributed by atoms with E-state index in [1.165, 1.54) is 6.67 Å². The summed E-state index contributed by atoms with van der Waals surface area (Å²) in [6.07, 6.45) is 0. The van der Waals surface area contributed by atoms with Crippen LogP contribution in [0.1, 0.15) is 7.43 Å². The van der Waals surface area contributed by atoms with Crippen LogP contribution in [0.5, 0.6) is 0 Å². The topological polar surface area (TPSA) is 16.2 Å². The van der Waals surface area contributed by atoms with E-state index in [9.17, 15) is 0 Å². The molecule has 0 spiro atoms. The highest BCUT2D eigenvalue weighted by atomic mass is 15.5. The van der Waals surface area contributed by atoms with Gasteiger partial charge in [0.15, 0.2) is 0 Å². The van der Waals surface area contributed by atoms with Crippen molar-refractivity contribution in [3.8, 4) is 0 Å². The molecule has 266 valence electrons. The van der Waals surface area contributed by atoms with Crippen LogP contribution in [0.4, 0.5) is 0 Å². The molecule has 0 aromatic carbocycles. The number of hydrogen-bond donors (Lipinski definition) is 0. The van der Waals surface area contributed by atoms with Gasteiger partial charge in [-0.05, 0) is 77.5 Å². The summed E-state index contributed by atoms with van der Waals surface area (Å²) in [5.74, 6) is 0. The Balaban J connectivity index is -0.0000000709. The van der Waals surface area contributed by atoms with Gasteiger partial charge in [0.25, 0.3) is 0 Å². The summed E-state index contributed by atoms with van der Waals surface area (Å²) in [7, 11) is 57.4. The van der Waals surface area contributed by atoms with E-state index in [0.29, 0.717) is 0 Å². The second kappa shape index (κ2) is 27.0. The first kappa shape index (κ1) is 57.3. The fraction of sp³-hybridized carbons (Fsp3) is 1.00. The van der Waals surface area contributed by atoms with E-state index in [2.05, 4.69) is 189 Å². The highest BCUT2D eigenvalue weighted by Gasteiger charge is 2.17. The quantitative estimate of drug-likeness (QED) is 0.305. The van der Waals surface area contributed by atoms with E-state index in [1.54, 1.807) is 0 Å². The van der Waals surface area contributed by atoms with Crippen molar-refractivity contribution in [2.75, 3.05) is 217 Å². The molecular formula is C32H93N10+5. The fourth-order valence-corrected chi connectivity index (χ4v) is 3.54. The Bertz CT molecular complexity index is 479. The van der Waals surface area contributed by atoms with Crippen molar-refractivity contribution in [1.29, 1.82) is 0 Å². The molecule has 42 heavy (non-hydrogen) atoms. The SMILES string of the molecule is C.CN(C)C.CN(C)CN(C)C.CN(C)C[N+](C)(C)C.CN(C)C[N+](C)(C)C.C[N+](C)(C)C.C[N+](C)(C)C[N+](C)(C)C. The van der Waals surface area contributed by atoms with E-state index >= 15 is 0 Å². The third-order valence-corrected chi connectivity index (χ3v) is 2.83. The zero-order valence-electron chi connectivity index (χ0n) is 34.3. The summed E-state index contributed by atoms with van der Waals surface area (Å²) in [5, 5.41) is 0. The highest BCUT2D eigenvalue weighted by Crippen LogP contribution is 1.97. The molecule has 0 saturated carbocycles. The van der Waals surface area contributed by atoms with E-state index in [0.717, 1.165) is 42.4 Å². The Morgan fingerprint density at radius 2 is 0.500 bits per heavy atom. The molecule has 0 aliphatic rings. The van der Waals surface area contributed by atoms with Gasteiger partial charge < -0.3 is 18.3 Å². The lowest BCUT2D eigenvalue weighted by atomic mass is 10.6. The lowest BCUT2D eigenvalue weighted by molar-refractivity contribution is -1.05. The minimum Gasteiger partial charge on any atom is -0.333 e. The van der Waals surface area contributed by atoms with E-state index in [4.69, 9.17) is 0 Å². The fourth-order valence-electron chi connectivity index (χ4n) is 3.54. The predicted molar refractivity (Wildman–Crippen MR) is 197 cm³/mol. The Morgan fingerprint density at radius 3 is 0.500 bits per heavy atom. The first-order valence-corrected chi connectivity index (χ1v) is 14.6. The molecule has 0 aromatic rings. The van der Waals surface area contributed by atoms with Gasteiger partial charge in [-0.2, -0.15) is 0 Å². The smallest absolute Gasteiger partial charge is 0.206 e. The summed E-state index contributed by atoms with van der Waals surface area (Å²) in [4.78, 5) is 10.6. The van der Waals surface area contributed by atoms with Crippen LogP contribution < -0.4 is 0 Å². The van der Waals surface area contributed by atoms with Crippen LogP contribution in [-0.4, -0.2) is 264 Å². The zero-order chi connectivity index (χ0) is 35.2. The van der Waals surface area contributed by atoms with Crippen LogP contribution in [-0.2, 0) is 0 Å². The molecule has 0 aliphatic carbocycles. The molecule has 10 heteroatoms. The first-order valence-electron chi connectivity index (χ1n) is 14.6. The monoisotopic (exact) mass is 618 g/mol. The van der Waals surface area contributed by atoms with Crippen molar-refractivity contribution >= 4 is 0 Å². The van der Waals surface area contributed by atoms with Gasteiger partial charge in [-0.3, -0.25) is 28.6 Å². The maximum atomic E-state index is 2.21. The third-order valence-electron chi connectivity index (χ3n) is 2.83. The van der Waals surface area contributed by atoms with Gasteiger partial charge in [-0.15, -0.1) is 0 Å². The average Bonchev–Trinajstić information content (AvgIpc) is 2.43. The molecule has 0 heterocycles. The van der Waals surface area contributed by atoms with Crippen LogP contribution in [0.3, 0.4) is 0 Å².